The minimum absolute atomic E-state index is 0.0352. The minimum atomic E-state index is -1.02. The first-order chi connectivity index (χ1) is 10.8. The molecule has 1 aliphatic rings. The quantitative estimate of drug-likeness (QED) is 0.740. The number of rotatable bonds is 1. The molecule has 1 aromatic carbocycles. The van der Waals surface area contributed by atoms with Gasteiger partial charge in [0.05, 0.1) is 24.2 Å². The number of aromatic nitrogens is 2. The molecule has 1 aliphatic heterocycles. The number of aryl methyl sites for hydroxylation is 1. The normalized spacial score (nSPS) is 22.4. The lowest BCUT2D eigenvalue weighted by atomic mass is 10.1. The summed E-state index contributed by atoms with van der Waals surface area (Å²) in [5, 5.41) is 10.9. The molecule has 2 heterocycles. The van der Waals surface area contributed by atoms with E-state index in [0.29, 0.717) is 35.4 Å². The monoisotopic (exact) mass is 403 g/mol. The third-order valence-corrected chi connectivity index (χ3v) is 4.90. The van der Waals surface area contributed by atoms with Crippen molar-refractivity contribution in [2.45, 2.75) is 19.4 Å². The number of anilines is 1. The maximum Gasteiger partial charge on any atom is 0.225 e. The molecule has 0 aliphatic carbocycles. The summed E-state index contributed by atoms with van der Waals surface area (Å²) in [4.78, 5) is 10.2. The molecule has 1 N–H and O–H groups in total. The van der Waals surface area contributed by atoms with Gasteiger partial charge in [-0.15, -0.1) is 0 Å². The molecular weight excluding hydrogens is 389 g/mol. The number of fused-ring (bicyclic) bond motifs is 1. The number of halogens is 3. The van der Waals surface area contributed by atoms with Crippen molar-refractivity contribution in [1.82, 2.24) is 9.97 Å². The molecule has 124 valence electrons. The van der Waals surface area contributed by atoms with Crippen molar-refractivity contribution in [3.63, 3.8) is 0 Å². The van der Waals surface area contributed by atoms with E-state index in [1.54, 1.807) is 13.8 Å². The summed E-state index contributed by atoms with van der Waals surface area (Å²) in [6.45, 7) is 5.00. The minimum Gasteiger partial charge on any atom is -0.386 e. The van der Waals surface area contributed by atoms with Crippen LogP contribution in [0.25, 0.3) is 10.9 Å². The Bertz CT molecular complexity index is 772. The maximum absolute atomic E-state index is 14.5. The highest BCUT2D eigenvalue weighted by Crippen LogP contribution is 2.33. The lowest BCUT2D eigenvalue weighted by Crippen LogP contribution is -2.42. The van der Waals surface area contributed by atoms with Crippen LogP contribution in [0.15, 0.2) is 10.5 Å². The van der Waals surface area contributed by atoms with E-state index in [2.05, 4.69) is 25.9 Å². The van der Waals surface area contributed by atoms with Crippen LogP contribution in [0.4, 0.5) is 10.2 Å². The molecular formula is C15H16BrClFN3O2. The molecule has 1 fully saturated rings. The average Bonchev–Trinajstić information content (AvgIpc) is 2.66. The van der Waals surface area contributed by atoms with Crippen molar-refractivity contribution in [3.05, 3.63) is 27.2 Å². The topological polar surface area (TPSA) is 58.5 Å². The molecule has 0 amide bonds. The fraction of sp³-hybridized carbons (Fsp3) is 0.467. The summed E-state index contributed by atoms with van der Waals surface area (Å²) in [6.07, 6.45) is 0. The van der Waals surface area contributed by atoms with Crippen molar-refractivity contribution in [1.29, 1.82) is 0 Å². The van der Waals surface area contributed by atoms with Crippen LogP contribution in [-0.2, 0) is 4.74 Å². The van der Waals surface area contributed by atoms with Gasteiger partial charge in [-0.3, -0.25) is 0 Å². The first kappa shape index (κ1) is 16.8. The Balaban J connectivity index is 2.20. The molecule has 8 heteroatoms. The number of hydrogen-bond donors (Lipinski definition) is 1. The Kier molecular flexibility index (Phi) is 4.48. The molecule has 0 bridgehead atoms. The number of β-amino-alcohol motifs (C(OH)–C–C–N with tert-alkyl or cyclic N) is 1. The Labute approximate surface area is 146 Å². The molecule has 23 heavy (non-hydrogen) atoms. The lowest BCUT2D eigenvalue weighted by molar-refractivity contribution is -0.0123. The highest BCUT2D eigenvalue weighted by atomic mass is 79.9. The molecule has 0 saturated carbocycles. The second kappa shape index (κ2) is 6.12. The van der Waals surface area contributed by atoms with E-state index in [4.69, 9.17) is 16.3 Å². The van der Waals surface area contributed by atoms with Crippen molar-refractivity contribution in [3.8, 4) is 0 Å². The number of aliphatic hydroxyl groups is 1. The summed E-state index contributed by atoms with van der Waals surface area (Å²) in [5.41, 5.74) is -0.134. The first-order valence-electron chi connectivity index (χ1n) is 7.15. The van der Waals surface area contributed by atoms with E-state index in [0.717, 1.165) is 5.56 Å². The zero-order chi connectivity index (χ0) is 16.8. The fourth-order valence-corrected chi connectivity index (χ4v) is 3.18. The van der Waals surface area contributed by atoms with E-state index in [9.17, 15) is 9.50 Å². The van der Waals surface area contributed by atoms with Crippen LogP contribution in [0, 0.1) is 12.7 Å². The molecule has 1 saturated heterocycles. The molecule has 1 atom stereocenters. The molecule has 5 nitrogen and oxygen atoms in total. The maximum atomic E-state index is 14.5. The van der Waals surface area contributed by atoms with Crippen LogP contribution in [0.1, 0.15) is 12.5 Å². The first-order valence-corrected chi connectivity index (χ1v) is 8.32. The van der Waals surface area contributed by atoms with Gasteiger partial charge >= 0.3 is 0 Å². The van der Waals surface area contributed by atoms with Gasteiger partial charge < -0.3 is 14.7 Å². The summed E-state index contributed by atoms with van der Waals surface area (Å²) in [5.74, 6) is 0.0312. The highest BCUT2D eigenvalue weighted by Gasteiger charge is 2.29. The van der Waals surface area contributed by atoms with Crippen molar-refractivity contribution in [2.75, 3.05) is 31.2 Å². The van der Waals surface area contributed by atoms with Gasteiger partial charge in [-0.1, -0.05) is 0 Å². The average molecular weight is 405 g/mol. The van der Waals surface area contributed by atoms with Crippen molar-refractivity contribution >= 4 is 44.3 Å². The van der Waals surface area contributed by atoms with Crippen LogP contribution in [0.2, 0.25) is 5.28 Å². The number of nitrogens with zero attached hydrogens (tertiary/aromatic N) is 3. The van der Waals surface area contributed by atoms with E-state index < -0.39 is 11.4 Å². The number of hydrogen-bond acceptors (Lipinski definition) is 5. The van der Waals surface area contributed by atoms with Crippen LogP contribution >= 0.6 is 27.5 Å². The standard InChI is InChI=1S/C15H16BrClFN3O2/c1-8-5-9-12(11(18)10(8)16)19-14(17)20-13(9)21-3-4-23-7-15(2,22)6-21/h5,22H,3-4,6-7H2,1-2H3. The van der Waals surface area contributed by atoms with Gasteiger partial charge in [0.1, 0.15) is 16.9 Å². The van der Waals surface area contributed by atoms with Gasteiger partial charge in [-0.25, -0.2) is 9.37 Å². The molecule has 3 rings (SSSR count). The zero-order valence-electron chi connectivity index (χ0n) is 12.7. The second-order valence-corrected chi connectivity index (χ2v) is 7.14. The van der Waals surface area contributed by atoms with Gasteiger partial charge in [0.15, 0.2) is 5.82 Å². The number of benzene rings is 1. The summed E-state index contributed by atoms with van der Waals surface area (Å²) >= 11 is 9.22. The van der Waals surface area contributed by atoms with Crippen LogP contribution in [-0.4, -0.2) is 47.0 Å². The van der Waals surface area contributed by atoms with Gasteiger partial charge in [0.2, 0.25) is 5.28 Å². The third-order valence-electron chi connectivity index (χ3n) is 3.76. The van der Waals surface area contributed by atoms with E-state index in [1.807, 2.05) is 11.0 Å². The Morgan fingerprint density at radius 2 is 2.22 bits per heavy atom. The Hall–Kier alpha value is -1.02. The summed E-state index contributed by atoms with van der Waals surface area (Å²) in [6, 6.07) is 1.81. The van der Waals surface area contributed by atoms with Crippen LogP contribution in [0.3, 0.4) is 0 Å². The summed E-state index contributed by atoms with van der Waals surface area (Å²) < 4.78 is 20.3. The van der Waals surface area contributed by atoms with Gasteiger partial charge in [0.25, 0.3) is 0 Å². The SMILES string of the molecule is Cc1cc2c(N3CCOCC(C)(O)C3)nc(Cl)nc2c(F)c1Br. The third kappa shape index (κ3) is 3.28. The zero-order valence-corrected chi connectivity index (χ0v) is 15.1. The molecule has 1 aromatic heterocycles. The predicted octanol–water partition coefficient (Wildman–Crippen LogP) is 3.08. The molecule has 2 aromatic rings. The Morgan fingerprint density at radius 1 is 1.48 bits per heavy atom. The molecule has 1 unspecified atom stereocenters. The van der Waals surface area contributed by atoms with E-state index >= 15 is 0 Å². The number of ether oxygens (including phenoxy) is 1. The highest BCUT2D eigenvalue weighted by molar-refractivity contribution is 9.10. The lowest BCUT2D eigenvalue weighted by Gasteiger charge is -2.29. The van der Waals surface area contributed by atoms with Crippen molar-refractivity contribution < 1.29 is 14.2 Å². The second-order valence-electron chi connectivity index (χ2n) is 6.00. The predicted molar refractivity (Wildman–Crippen MR) is 90.6 cm³/mol. The van der Waals surface area contributed by atoms with Crippen molar-refractivity contribution in [2.24, 2.45) is 0 Å². The smallest absolute Gasteiger partial charge is 0.225 e. The van der Waals surface area contributed by atoms with Gasteiger partial charge in [0, 0.05) is 11.9 Å². The van der Waals surface area contributed by atoms with Crippen LogP contribution in [0.5, 0.6) is 0 Å². The van der Waals surface area contributed by atoms with Crippen LogP contribution < -0.4 is 4.90 Å². The van der Waals surface area contributed by atoms with E-state index in [1.165, 1.54) is 0 Å². The van der Waals surface area contributed by atoms with Gasteiger partial charge in [-0.2, -0.15) is 4.98 Å². The Morgan fingerprint density at radius 3 is 2.96 bits per heavy atom. The molecule has 0 spiro atoms. The molecule has 0 radical (unpaired) electrons. The van der Waals surface area contributed by atoms with Gasteiger partial charge in [-0.05, 0) is 53.0 Å². The largest absolute Gasteiger partial charge is 0.386 e. The fourth-order valence-electron chi connectivity index (χ4n) is 2.71. The van der Waals surface area contributed by atoms with E-state index in [-0.39, 0.29) is 17.4 Å². The summed E-state index contributed by atoms with van der Waals surface area (Å²) in [7, 11) is 0.